The summed E-state index contributed by atoms with van der Waals surface area (Å²) >= 11 is 0. The van der Waals surface area contributed by atoms with E-state index in [1.165, 1.54) is 5.56 Å². The summed E-state index contributed by atoms with van der Waals surface area (Å²) in [6.45, 7) is 5.91. The molecule has 0 N–H and O–H groups in total. The van der Waals surface area contributed by atoms with E-state index in [0.29, 0.717) is 6.04 Å². The molecule has 0 radical (unpaired) electrons. The number of hydrogen-bond acceptors (Lipinski definition) is 3. The zero-order valence-corrected chi connectivity index (χ0v) is 8.81. The lowest BCUT2D eigenvalue weighted by molar-refractivity contribution is -0.00437. The van der Waals surface area contributed by atoms with E-state index >= 15 is 0 Å². The Kier molecular flexibility index (Phi) is 2.84. The highest BCUT2D eigenvalue weighted by Gasteiger charge is 2.18. The molecule has 1 atom stereocenters. The number of nitrogens with zero attached hydrogens (tertiary/aromatic N) is 3. The number of aryl methyl sites for hydroxylation is 1. The second-order valence-electron chi connectivity index (χ2n) is 3.92. The van der Waals surface area contributed by atoms with Gasteiger partial charge in [-0.2, -0.15) is 5.10 Å². The molecule has 0 aromatic carbocycles. The molecule has 0 amide bonds. The maximum Gasteiger partial charge on any atom is 0.0619 e. The van der Waals surface area contributed by atoms with E-state index in [0.717, 1.165) is 26.3 Å². The van der Waals surface area contributed by atoms with Gasteiger partial charge in [-0.15, -0.1) is 0 Å². The van der Waals surface area contributed by atoms with E-state index in [9.17, 15) is 0 Å². The molecule has 0 aliphatic carbocycles. The predicted molar refractivity (Wildman–Crippen MR) is 53.9 cm³/mol. The Morgan fingerprint density at radius 2 is 2.50 bits per heavy atom. The van der Waals surface area contributed by atoms with Crippen molar-refractivity contribution >= 4 is 0 Å². The molecule has 1 aromatic heterocycles. The molecule has 1 fully saturated rings. The standard InChI is InChI=1S/C10H17N3O/c1-9-8-14-4-3-13(9)7-10-5-11-12(2)6-10/h5-6,9H,3-4,7-8H2,1-2H3/t9-/m0/s1. The minimum Gasteiger partial charge on any atom is -0.379 e. The van der Waals surface area contributed by atoms with Gasteiger partial charge in [0.25, 0.3) is 0 Å². The summed E-state index contributed by atoms with van der Waals surface area (Å²) in [4.78, 5) is 2.43. The third kappa shape index (κ3) is 2.13. The van der Waals surface area contributed by atoms with E-state index < -0.39 is 0 Å². The molecule has 0 bridgehead atoms. The molecule has 0 unspecified atom stereocenters. The molecular weight excluding hydrogens is 178 g/mol. The number of morpholine rings is 1. The van der Waals surface area contributed by atoms with E-state index in [2.05, 4.69) is 23.1 Å². The van der Waals surface area contributed by atoms with Crippen LogP contribution in [0.15, 0.2) is 12.4 Å². The van der Waals surface area contributed by atoms with Crippen LogP contribution in [0.1, 0.15) is 12.5 Å². The van der Waals surface area contributed by atoms with Crippen molar-refractivity contribution in [2.75, 3.05) is 19.8 Å². The Balaban J connectivity index is 1.95. The summed E-state index contributed by atoms with van der Waals surface area (Å²) in [5.41, 5.74) is 1.28. The van der Waals surface area contributed by atoms with Crippen LogP contribution in [-0.4, -0.2) is 40.5 Å². The van der Waals surface area contributed by atoms with E-state index in [1.54, 1.807) is 0 Å². The van der Waals surface area contributed by atoms with Crippen LogP contribution in [0.4, 0.5) is 0 Å². The first kappa shape index (κ1) is 9.68. The third-order valence-corrected chi connectivity index (χ3v) is 2.65. The van der Waals surface area contributed by atoms with Crippen LogP contribution in [0, 0.1) is 0 Å². The molecule has 1 aliphatic rings. The first-order valence-electron chi connectivity index (χ1n) is 5.05. The Morgan fingerprint density at radius 1 is 1.64 bits per heavy atom. The van der Waals surface area contributed by atoms with Gasteiger partial charge in [0, 0.05) is 37.9 Å². The minimum atomic E-state index is 0.518. The molecule has 0 spiro atoms. The predicted octanol–water partition coefficient (Wildman–Crippen LogP) is 0.641. The zero-order chi connectivity index (χ0) is 9.97. The monoisotopic (exact) mass is 195 g/mol. The highest BCUT2D eigenvalue weighted by Crippen LogP contribution is 2.10. The van der Waals surface area contributed by atoms with Crippen molar-refractivity contribution in [3.63, 3.8) is 0 Å². The number of rotatable bonds is 2. The van der Waals surface area contributed by atoms with Gasteiger partial charge in [0.15, 0.2) is 0 Å². The lowest BCUT2D eigenvalue weighted by atomic mass is 10.2. The van der Waals surface area contributed by atoms with E-state index in [1.807, 2.05) is 17.9 Å². The molecule has 1 aliphatic heterocycles. The molecule has 14 heavy (non-hydrogen) atoms. The van der Waals surface area contributed by atoms with Crippen molar-refractivity contribution < 1.29 is 4.74 Å². The fourth-order valence-corrected chi connectivity index (χ4v) is 1.78. The van der Waals surface area contributed by atoms with Crippen molar-refractivity contribution in [1.29, 1.82) is 0 Å². The van der Waals surface area contributed by atoms with Gasteiger partial charge in [-0.05, 0) is 6.92 Å². The van der Waals surface area contributed by atoms with Crippen molar-refractivity contribution in [3.05, 3.63) is 18.0 Å². The number of aromatic nitrogens is 2. The summed E-state index contributed by atoms with van der Waals surface area (Å²) in [6, 6.07) is 0.518. The average molecular weight is 195 g/mol. The quantitative estimate of drug-likeness (QED) is 0.694. The van der Waals surface area contributed by atoms with Crippen molar-refractivity contribution in [1.82, 2.24) is 14.7 Å². The average Bonchev–Trinajstić information content (AvgIpc) is 2.56. The summed E-state index contributed by atoms with van der Waals surface area (Å²) in [5, 5.41) is 4.17. The molecular formula is C10H17N3O. The smallest absolute Gasteiger partial charge is 0.0619 e. The highest BCUT2D eigenvalue weighted by molar-refractivity contribution is 5.03. The van der Waals surface area contributed by atoms with Crippen LogP contribution in [0.5, 0.6) is 0 Å². The van der Waals surface area contributed by atoms with Crippen molar-refractivity contribution in [2.45, 2.75) is 19.5 Å². The maximum atomic E-state index is 5.39. The SMILES string of the molecule is C[C@H]1COCCN1Cc1cnn(C)c1. The molecule has 1 saturated heterocycles. The van der Waals surface area contributed by atoms with Gasteiger partial charge < -0.3 is 4.74 Å². The molecule has 4 heteroatoms. The van der Waals surface area contributed by atoms with Gasteiger partial charge in [0.1, 0.15) is 0 Å². The fraction of sp³-hybridized carbons (Fsp3) is 0.700. The van der Waals surface area contributed by atoms with Gasteiger partial charge in [-0.1, -0.05) is 0 Å². The van der Waals surface area contributed by atoms with Gasteiger partial charge >= 0.3 is 0 Å². The van der Waals surface area contributed by atoms with Gasteiger partial charge in [0.05, 0.1) is 19.4 Å². The van der Waals surface area contributed by atoms with Gasteiger partial charge in [-0.25, -0.2) is 0 Å². The largest absolute Gasteiger partial charge is 0.379 e. The van der Waals surface area contributed by atoms with Crippen LogP contribution >= 0.6 is 0 Å². The molecule has 4 nitrogen and oxygen atoms in total. The molecule has 2 heterocycles. The Labute approximate surface area is 84.5 Å². The first-order chi connectivity index (χ1) is 6.75. The topological polar surface area (TPSA) is 30.3 Å². The summed E-state index contributed by atoms with van der Waals surface area (Å²) in [6.07, 6.45) is 4.00. The first-order valence-corrected chi connectivity index (χ1v) is 5.05. The van der Waals surface area contributed by atoms with Crippen LogP contribution in [-0.2, 0) is 18.3 Å². The van der Waals surface area contributed by atoms with E-state index in [4.69, 9.17) is 4.74 Å². The Bertz CT molecular complexity index is 297. The lowest BCUT2D eigenvalue weighted by Crippen LogP contribution is -2.42. The van der Waals surface area contributed by atoms with Crippen molar-refractivity contribution in [3.8, 4) is 0 Å². The van der Waals surface area contributed by atoms with Gasteiger partial charge in [0.2, 0.25) is 0 Å². The maximum absolute atomic E-state index is 5.39. The summed E-state index contributed by atoms with van der Waals surface area (Å²) in [7, 11) is 1.95. The molecule has 1 aromatic rings. The molecule has 0 saturated carbocycles. The number of hydrogen-bond donors (Lipinski definition) is 0. The normalized spacial score (nSPS) is 24.0. The van der Waals surface area contributed by atoms with Crippen LogP contribution in [0.25, 0.3) is 0 Å². The third-order valence-electron chi connectivity index (χ3n) is 2.65. The van der Waals surface area contributed by atoms with E-state index in [-0.39, 0.29) is 0 Å². The van der Waals surface area contributed by atoms with Crippen LogP contribution < -0.4 is 0 Å². The van der Waals surface area contributed by atoms with Gasteiger partial charge in [-0.3, -0.25) is 9.58 Å². The van der Waals surface area contributed by atoms with Crippen molar-refractivity contribution in [2.24, 2.45) is 7.05 Å². The van der Waals surface area contributed by atoms with Crippen LogP contribution in [0.3, 0.4) is 0 Å². The Hall–Kier alpha value is -0.870. The second kappa shape index (κ2) is 4.11. The summed E-state index contributed by atoms with van der Waals surface area (Å²) < 4.78 is 7.24. The Morgan fingerprint density at radius 3 is 3.14 bits per heavy atom. The highest BCUT2D eigenvalue weighted by atomic mass is 16.5. The fourth-order valence-electron chi connectivity index (χ4n) is 1.78. The number of ether oxygens (including phenoxy) is 1. The molecule has 2 rings (SSSR count). The van der Waals surface area contributed by atoms with Crippen LogP contribution in [0.2, 0.25) is 0 Å². The summed E-state index contributed by atoms with van der Waals surface area (Å²) in [5.74, 6) is 0. The minimum absolute atomic E-state index is 0.518. The zero-order valence-electron chi connectivity index (χ0n) is 8.81. The molecule has 78 valence electrons. The lowest BCUT2D eigenvalue weighted by Gasteiger charge is -2.32. The second-order valence-corrected chi connectivity index (χ2v) is 3.92.